The number of piperazine rings is 1. The van der Waals surface area contributed by atoms with Crippen LogP contribution < -0.4 is 4.74 Å². The summed E-state index contributed by atoms with van der Waals surface area (Å²) in [6, 6.07) is 9.53. The van der Waals surface area contributed by atoms with Gasteiger partial charge in [-0.25, -0.2) is 0 Å². The lowest BCUT2D eigenvalue weighted by molar-refractivity contribution is -0.129. The first-order chi connectivity index (χ1) is 12.7. The number of benzene rings is 1. The van der Waals surface area contributed by atoms with Crippen LogP contribution in [0.1, 0.15) is 11.1 Å². The van der Waals surface area contributed by atoms with Crippen molar-refractivity contribution >= 4 is 23.6 Å². The molecular weight excluding hydrogens is 350 g/mol. The van der Waals surface area contributed by atoms with E-state index in [2.05, 4.69) is 9.88 Å². The van der Waals surface area contributed by atoms with Crippen LogP contribution in [0.5, 0.6) is 5.75 Å². The lowest BCUT2D eigenvalue weighted by Crippen LogP contribution is -2.49. The lowest BCUT2D eigenvalue weighted by Gasteiger charge is -2.35. The van der Waals surface area contributed by atoms with E-state index in [1.807, 2.05) is 47.6 Å². The summed E-state index contributed by atoms with van der Waals surface area (Å²) in [6.45, 7) is 4.38. The smallest absolute Gasteiger partial charge is 0.253 e. The van der Waals surface area contributed by atoms with Crippen molar-refractivity contribution in [3.8, 4) is 5.75 Å². The number of rotatable bonds is 3. The number of pyridine rings is 1. The van der Waals surface area contributed by atoms with Gasteiger partial charge < -0.3 is 9.64 Å². The molecule has 1 saturated heterocycles. The third-order valence-electron chi connectivity index (χ3n) is 4.77. The van der Waals surface area contributed by atoms with Crippen LogP contribution in [0.25, 0.3) is 6.08 Å². The summed E-state index contributed by atoms with van der Waals surface area (Å²) in [7, 11) is 0. The summed E-state index contributed by atoms with van der Waals surface area (Å²) in [5.41, 5.74) is 2.79. The topological polar surface area (TPSA) is 45.7 Å². The van der Waals surface area contributed by atoms with E-state index in [9.17, 15) is 4.79 Å². The zero-order valence-electron chi connectivity index (χ0n) is 14.4. The zero-order valence-corrected chi connectivity index (χ0v) is 15.2. The molecule has 2 aliphatic rings. The van der Waals surface area contributed by atoms with Crippen molar-refractivity contribution in [2.75, 3.05) is 32.8 Å². The number of fused-ring (bicyclic) bond motifs is 1. The van der Waals surface area contributed by atoms with Crippen molar-refractivity contribution in [3.05, 3.63) is 64.4 Å². The summed E-state index contributed by atoms with van der Waals surface area (Å²) in [5.74, 6) is 0.826. The highest BCUT2D eigenvalue weighted by atomic mass is 35.5. The van der Waals surface area contributed by atoms with E-state index in [1.165, 1.54) is 5.56 Å². The van der Waals surface area contributed by atoms with Gasteiger partial charge in [0.2, 0.25) is 0 Å². The molecule has 0 N–H and O–H groups in total. The summed E-state index contributed by atoms with van der Waals surface area (Å²) >= 11 is 6.05. The molecule has 4 rings (SSSR count). The van der Waals surface area contributed by atoms with Crippen LogP contribution in [0.4, 0.5) is 0 Å². The van der Waals surface area contributed by atoms with Crippen molar-refractivity contribution in [1.29, 1.82) is 0 Å². The van der Waals surface area contributed by atoms with Crippen LogP contribution in [0, 0.1) is 0 Å². The second-order valence-corrected chi connectivity index (χ2v) is 7.00. The van der Waals surface area contributed by atoms with Crippen LogP contribution in [0.2, 0.25) is 5.02 Å². The predicted molar refractivity (Wildman–Crippen MR) is 101 cm³/mol. The number of halogens is 1. The van der Waals surface area contributed by atoms with Crippen LogP contribution in [0.3, 0.4) is 0 Å². The molecular formula is C20H20ClN3O2. The Labute approximate surface area is 157 Å². The fourth-order valence-corrected chi connectivity index (χ4v) is 3.51. The fourth-order valence-electron chi connectivity index (χ4n) is 3.33. The summed E-state index contributed by atoms with van der Waals surface area (Å²) in [4.78, 5) is 21.2. The van der Waals surface area contributed by atoms with Gasteiger partial charge in [-0.15, -0.1) is 0 Å². The summed E-state index contributed by atoms with van der Waals surface area (Å²) in [5, 5.41) is 0.641. The second kappa shape index (κ2) is 7.48. The molecule has 5 nitrogen and oxygen atoms in total. The van der Waals surface area contributed by atoms with E-state index in [0.717, 1.165) is 44.0 Å². The molecule has 0 atom stereocenters. The number of nitrogens with zero attached hydrogens (tertiary/aromatic N) is 3. The molecule has 0 spiro atoms. The highest BCUT2D eigenvalue weighted by Gasteiger charge is 2.25. The number of carbonyl (C=O) groups is 1. The van der Waals surface area contributed by atoms with Gasteiger partial charge in [0.15, 0.2) is 0 Å². The van der Waals surface area contributed by atoms with Gasteiger partial charge >= 0.3 is 0 Å². The van der Waals surface area contributed by atoms with Crippen LogP contribution in [0.15, 0.2) is 48.3 Å². The Kier molecular flexibility index (Phi) is 4.91. The van der Waals surface area contributed by atoms with Gasteiger partial charge in [0.25, 0.3) is 5.91 Å². The summed E-state index contributed by atoms with van der Waals surface area (Å²) < 4.78 is 5.71. The van der Waals surface area contributed by atoms with Crippen molar-refractivity contribution in [3.63, 3.8) is 0 Å². The molecule has 2 aromatic rings. The number of ether oxygens (including phenoxy) is 1. The van der Waals surface area contributed by atoms with Gasteiger partial charge in [-0.05, 0) is 42.0 Å². The van der Waals surface area contributed by atoms with E-state index in [-0.39, 0.29) is 5.91 Å². The Morgan fingerprint density at radius 2 is 1.88 bits per heavy atom. The predicted octanol–water partition coefficient (Wildman–Crippen LogP) is 2.86. The molecule has 1 fully saturated rings. The average molecular weight is 370 g/mol. The Morgan fingerprint density at radius 3 is 2.65 bits per heavy atom. The molecule has 1 amide bonds. The first-order valence-corrected chi connectivity index (χ1v) is 9.10. The van der Waals surface area contributed by atoms with Gasteiger partial charge in [-0.1, -0.05) is 11.6 Å². The molecule has 0 saturated carbocycles. The van der Waals surface area contributed by atoms with Gasteiger partial charge in [-0.3, -0.25) is 14.7 Å². The highest BCUT2D eigenvalue weighted by Crippen LogP contribution is 2.29. The molecule has 0 bridgehead atoms. The Morgan fingerprint density at radius 1 is 1.12 bits per heavy atom. The fraction of sp³-hybridized carbons (Fsp3) is 0.300. The Bertz CT molecular complexity index is 830. The van der Waals surface area contributed by atoms with E-state index in [1.54, 1.807) is 6.07 Å². The third kappa shape index (κ3) is 3.74. The normalized spacial score (nSPS) is 17.3. The van der Waals surface area contributed by atoms with Crippen molar-refractivity contribution in [1.82, 2.24) is 14.8 Å². The molecule has 0 aliphatic carbocycles. The molecule has 0 radical (unpaired) electrons. The minimum atomic E-state index is 0.0548. The third-order valence-corrected chi connectivity index (χ3v) is 5.01. The van der Waals surface area contributed by atoms with E-state index in [4.69, 9.17) is 16.3 Å². The van der Waals surface area contributed by atoms with Gasteiger partial charge in [0, 0.05) is 55.7 Å². The minimum absolute atomic E-state index is 0.0548. The number of amides is 1. The molecule has 3 heterocycles. The molecule has 1 aromatic heterocycles. The number of aromatic nitrogens is 1. The number of hydrogen-bond donors (Lipinski definition) is 0. The van der Waals surface area contributed by atoms with Crippen molar-refractivity contribution < 1.29 is 9.53 Å². The first kappa shape index (κ1) is 17.1. The summed E-state index contributed by atoms with van der Waals surface area (Å²) in [6.07, 6.45) is 5.53. The number of hydrogen-bond acceptors (Lipinski definition) is 4. The molecule has 134 valence electrons. The monoisotopic (exact) mass is 369 g/mol. The molecule has 1 aromatic carbocycles. The van der Waals surface area contributed by atoms with E-state index >= 15 is 0 Å². The Hall–Kier alpha value is -2.37. The standard InChI is InChI=1S/C20H20ClN3O2/c21-18-1-2-19-16(12-18)11-17(14-26-19)20(25)24-9-7-23(8-10-24)13-15-3-5-22-6-4-15/h1-6,11-12H,7-10,13-14H2. The quantitative estimate of drug-likeness (QED) is 0.834. The second-order valence-electron chi connectivity index (χ2n) is 6.56. The van der Waals surface area contributed by atoms with Crippen LogP contribution in [-0.4, -0.2) is 53.5 Å². The van der Waals surface area contributed by atoms with E-state index in [0.29, 0.717) is 17.2 Å². The maximum absolute atomic E-state index is 12.8. The number of carbonyl (C=O) groups excluding carboxylic acids is 1. The first-order valence-electron chi connectivity index (χ1n) is 8.72. The maximum Gasteiger partial charge on any atom is 0.253 e. The SMILES string of the molecule is O=C(C1=Cc2cc(Cl)ccc2OC1)N1CCN(Cc2ccncc2)CC1. The average Bonchev–Trinajstić information content (AvgIpc) is 2.68. The molecule has 26 heavy (non-hydrogen) atoms. The van der Waals surface area contributed by atoms with Crippen LogP contribution >= 0.6 is 11.6 Å². The highest BCUT2D eigenvalue weighted by molar-refractivity contribution is 6.30. The maximum atomic E-state index is 12.8. The lowest BCUT2D eigenvalue weighted by atomic mass is 10.1. The molecule has 0 unspecified atom stereocenters. The van der Waals surface area contributed by atoms with Gasteiger partial charge in [0.1, 0.15) is 12.4 Å². The molecule has 2 aliphatic heterocycles. The van der Waals surface area contributed by atoms with Gasteiger partial charge in [0.05, 0.1) is 5.57 Å². The van der Waals surface area contributed by atoms with E-state index < -0.39 is 0 Å². The minimum Gasteiger partial charge on any atom is -0.488 e. The van der Waals surface area contributed by atoms with Crippen molar-refractivity contribution in [2.45, 2.75) is 6.54 Å². The largest absolute Gasteiger partial charge is 0.488 e. The zero-order chi connectivity index (χ0) is 17.9. The van der Waals surface area contributed by atoms with Gasteiger partial charge in [-0.2, -0.15) is 0 Å². The van der Waals surface area contributed by atoms with Crippen molar-refractivity contribution in [2.24, 2.45) is 0 Å². The molecule has 6 heteroatoms. The Balaban J connectivity index is 1.38. The van der Waals surface area contributed by atoms with Crippen LogP contribution in [-0.2, 0) is 11.3 Å².